The van der Waals surface area contributed by atoms with Crippen molar-refractivity contribution in [2.24, 2.45) is 0 Å². The van der Waals surface area contributed by atoms with Gasteiger partial charge in [-0.2, -0.15) is 0 Å². The molecule has 96 valence electrons. The van der Waals surface area contributed by atoms with Crippen LogP contribution in [0.3, 0.4) is 0 Å². The van der Waals surface area contributed by atoms with Gasteiger partial charge >= 0.3 is 0 Å². The lowest BCUT2D eigenvalue weighted by molar-refractivity contribution is -0.168. The van der Waals surface area contributed by atoms with Crippen molar-refractivity contribution >= 4 is 0 Å². The molecule has 1 aliphatic carbocycles. The number of hydrogen-bond acceptors (Lipinski definition) is 2. The first-order valence-corrected chi connectivity index (χ1v) is 6.65. The summed E-state index contributed by atoms with van der Waals surface area (Å²) in [5, 5.41) is 0. The molecule has 1 fully saturated rings. The van der Waals surface area contributed by atoms with Gasteiger partial charge in [0.05, 0.1) is 6.10 Å². The van der Waals surface area contributed by atoms with Gasteiger partial charge in [0.25, 0.3) is 0 Å². The second-order valence-corrected chi connectivity index (χ2v) is 5.69. The number of allylic oxidation sites excluding steroid dienone is 1. The number of fused-ring (bicyclic) bond motifs is 3. The van der Waals surface area contributed by atoms with E-state index in [0.29, 0.717) is 0 Å². The molecule has 2 aliphatic rings. The fraction of sp³-hybridized carbons (Fsp3) is 0.500. The van der Waals surface area contributed by atoms with Crippen molar-refractivity contribution in [1.82, 2.24) is 0 Å². The van der Waals surface area contributed by atoms with E-state index < -0.39 is 5.79 Å². The number of rotatable bonds is 3. The van der Waals surface area contributed by atoms with Crippen LogP contribution in [0.15, 0.2) is 36.9 Å². The molecule has 0 radical (unpaired) electrons. The Balaban J connectivity index is 2.04. The highest BCUT2D eigenvalue weighted by Crippen LogP contribution is 2.52. The predicted molar refractivity (Wildman–Crippen MR) is 71.3 cm³/mol. The van der Waals surface area contributed by atoms with Gasteiger partial charge in [-0.1, -0.05) is 30.3 Å². The maximum atomic E-state index is 6.32. The number of benzene rings is 1. The zero-order valence-corrected chi connectivity index (χ0v) is 11.1. The molecule has 1 aliphatic heterocycles. The third-order valence-electron chi connectivity index (χ3n) is 3.97. The quantitative estimate of drug-likeness (QED) is 0.757. The highest BCUT2D eigenvalue weighted by Gasteiger charge is 2.57. The first-order valence-electron chi connectivity index (χ1n) is 6.65. The lowest BCUT2D eigenvalue weighted by Crippen LogP contribution is -2.33. The number of ether oxygens (including phenoxy) is 2. The molecule has 1 aromatic carbocycles. The third kappa shape index (κ3) is 1.63. The summed E-state index contributed by atoms with van der Waals surface area (Å²) in [7, 11) is 0. The molecule has 2 nitrogen and oxygen atoms in total. The molecule has 3 rings (SSSR count). The van der Waals surface area contributed by atoms with E-state index in [1.807, 2.05) is 19.9 Å². The van der Waals surface area contributed by atoms with E-state index in [2.05, 4.69) is 30.8 Å². The molecule has 0 spiro atoms. The van der Waals surface area contributed by atoms with Crippen LogP contribution in [0, 0.1) is 0 Å². The molecular weight excluding hydrogens is 224 g/mol. The van der Waals surface area contributed by atoms with Crippen LogP contribution in [0.1, 0.15) is 37.8 Å². The Morgan fingerprint density at radius 3 is 2.94 bits per heavy atom. The first kappa shape index (κ1) is 11.9. The molecule has 0 saturated carbocycles. The molecule has 0 N–H and O–H groups in total. The van der Waals surface area contributed by atoms with Gasteiger partial charge in [-0.25, -0.2) is 0 Å². The minimum Gasteiger partial charge on any atom is -0.344 e. The zero-order chi connectivity index (χ0) is 12.8. The molecular formula is C16H20O2. The first-order chi connectivity index (χ1) is 8.57. The molecule has 1 heterocycles. The van der Waals surface area contributed by atoms with Gasteiger partial charge in [-0.05, 0) is 37.8 Å². The van der Waals surface area contributed by atoms with E-state index in [9.17, 15) is 0 Å². The van der Waals surface area contributed by atoms with Crippen LogP contribution in [-0.4, -0.2) is 11.9 Å². The molecule has 0 amide bonds. The predicted octanol–water partition coefficient (Wildman–Crippen LogP) is 3.56. The van der Waals surface area contributed by atoms with Crippen LogP contribution in [0.25, 0.3) is 0 Å². The van der Waals surface area contributed by atoms with Gasteiger partial charge in [0, 0.05) is 6.42 Å². The van der Waals surface area contributed by atoms with Crippen LogP contribution in [-0.2, 0) is 21.5 Å². The monoisotopic (exact) mass is 244 g/mol. The fourth-order valence-corrected chi connectivity index (χ4v) is 3.38. The Labute approximate surface area is 109 Å². The van der Waals surface area contributed by atoms with Crippen molar-refractivity contribution in [3.8, 4) is 0 Å². The van der Waals surface area contributed by atoms with E-state index in [0.717, 1.165) is 19.3 Å². The lowest BCUT2D eigenvalue weighted by Gasteiger charge is -2.29. The molecule has 2 unspecified atom stereocenters. The van der Waals surface area contributed by atoms with E-state index in [1.165, 1.54) is 11.1 Å². The summed E-state index contributed by atoms with van der Waals surface area (Å²) in [5.41, 5.74) is 2.40. The molecule has 1 aromatic rings. The topological polar surface area (TPSA) is 18.5 Å². The smallest absolute Gasteiger partial charge is 0.164 e. The van der Waals surface area contributed by atoms with E-state index in [-0.39, 0.29) is 11.7 Å². The summed E-state index contributed by atoms with van der Waals surface area (Å²) in [4.78, 5) is 0. The van der Waals surface area contributed by atoms with Gasteiger partial charge < -0.3 is 9.47 Å². The van der Waals surface area contributed by atoms with Gasteiger partial charge in [0.15, 0.2) is 5.79 Å². The van der Waals surface area contributed by atoms with Crippen molar-refractivity contribution < 1.29 is 9.47 Å². The minimum atomic E-state index is -0.487. The standard InChI is InChI=1S/C16H20O2/c1-4-5-10-16-13-9-7-6-8-12(13)11-14(16)17-15(2,3)18-16/h4,6-9,14H,1,5,10-11H2,2-3H3. The van der Waals surface area contributed by atoms with E-state index >= 15 is 0 Å². The number of hydrogen-bond donors (Lipinski definition) is 0. The molecule has 2 atom stereocenters. The van der Waals surface area contributed by atoms with Crippen LogP contribution in [0.2, 0.25) is 0 Å². The van der Waals surface area contributed by atoms with Gasteiger partial charge in [-0.3, -0.25) is 0 Å². The summed E-state index contributed by atoms with van der Waals surface area (Å²) in [5.74, 6) is -0.487. The van der Waals surface area contributed by atoms with Crippen LogP contribution < -0.4 is 0 Å². The Bertz CT molecular complexity index is 478. The van der Waals surface area contributed by atoms with Crippen molar-refractivity contribution in [2.45, 2.75) is 50.6 Å². The summed E-state index contributed by atoms with van der Waals surface area (Å²) >= 11 is 0. The fourth-order valence-electron chi connectivity index (χ4n) is 3.38. The second-order valence-electron chi connectivity index (χ2n) is 5.69. The van der Waals surface area contributed by atoms with Crippen molar-refractivity contribution in [3.63, 3.8) is 0 Å². The largest absolute Gasteiger partial charge is 0.344 e. The van der Waals surface area contributed by atoms with E-state index in [4.69, 9.17) is 9.47 Å². The molecule has 0 aromatic heterocycles. The SMILES string of the molecule is C=CCCC12OC(C)(C)OC1Cc1ccccc12. The highest BCUT2D eigenvalue weighted by atomic mass is 16.8. The maximum Gasteiger partial charge on any atom is 0.164 e. The van der Waals surface area contributed by atoms with Gasteiger partial charge in [-0.15, -0.1) is 6.58 Å². The minimum absolute atomic E-state index is 0.143. The summed E-state index contributed by atoms with van der Waals surface area (Å²) in [6, 6.07) is 8.55. The van der Waals surface area contributed by atoms with Crippen molar-refractivity contribution in [2.75, 3.05) is 0 Å². The average Bonchev–Trinajstić information content (AvgIpc) is 2.74. The summed E-state index contributed by atoms with van der Waals surface area (Å²) in [6.07, 6.45) is 4.95. The Hall–Kier alpha value is -1.12. The van der Waals surface area contributed by atoms with Gasteiger partial charge in [0.2, 0.25) is 0 Å². The molecule has 2 heteroatoms. The van der Waals surface area contributed by atoms with Crippen LogP contribution in [0.5, 0.6) is 0 Å². The Kier molecular flexibility index (Phi) is 2.61. The van der Waals surface area contributed by atoms with Crippen molar-refractivity contribution in [3.05, 3.63) is 48.0 Å². The molecule has 18 heavy (non-hydrogen) atoms. The lowest BCUT2D eigenvalue weighted by atomic mass is 9.89. The van der Waals surface area contributed by atoms with Crippen molar-refractivity contribution in [1.29, 1.82) is 0 Å². The average molecular weight is 244 g/mol. The molecule has 1 saturated heterocycles. The third-order valence-corrected chi connectivity index (χ3v) is 3.97. The second kappa shape index (κ2) is 3.94. The summed E-state index contributed by atoms with van der Waals surface area (Å²) in [6.45, 7) is 7.84. The van der Waals surface area contributed by atoms with Gasteiger partial charge in [0.1, 0.15) is 5.60 Å². The molecule has 0 bridgehead atoms. The summed E-state index contributed by atoms with van der Waals surface area (Å²) < 4.78 is 12.4. The van der Waals surface area contributed by atoms with E-state index in [1.54, 1.807) is 0 Å². The zero-order valence-electron chi connectivity index (χ0n) is 11.1. The Morgan fingerprint density at radius 2 is 2.17 bits per heavy atom. The van der Waals surface area contributed by atoms with Crippen LogP contribution in [0.4, 0.5) is 0 Å². The van der Waals surface area contributed by atoms with Crippen LogP contribution >= 0.6 is 0 Å². The Morgan fingerprint density at radius 1 is 1.39 bits per heavy atom. The normalized spacial score (nSPS) is 32.0. The highest BCUT2D eigenvalue weighted by molar-refractivity contribution is 5.41. The maximum absolute atomic E-state index is 6.32.